The Morgan fingerprint density at radius 2 is 1.77 bits per heavy atom. The number of rotatable bonds is 9. The number of carbonyl (C=O) groups is 2. The quantitative estimate of drug-likeness (QED) is 0.445. The summed E-state index contributed by atoms with van der Waals surface area (Å²) in [6.07, 6.45) is 7.05. The lowest BCUT2D eigenvalue weighted by molar-refractivity contribution is -0.117. The van der Waals surface area contributed by atoms with E-state index in [1.54, 1.807) is 24.3 Å². The molecule has 0 heterocycles. The van der Waals surface area contributed by atoms with Crippen molar-refractivity contribution in [1.29, 1.82) is 0 Å². The first-order valence-corrected chi connectivity index (χ1v) is 9.94. The number of hydrogen-bond donors (Lipinski definition) is 2. The normalized spacial score (nSPS) is 15.1. The molecule has 0 aliphatic heterocycles. The number of benzene rings is 2. The number of nitrogens with one attached hydrogen (secondary N) is 2. The van der Waals surface area contributed by atoms with E-state index in [1.165, 1.54) is 6.07 Å². The SMILES string of the molecule is O=C(CCCOc1ccc(F)cc1F)Nc1ccccc1NC(=O)CC1C=CCC1. The first-order chi connectivity index (χ1) is 14.5. The maximum Gasteiger partial charge on any atom is 0.225 e. The number of carbonyl (C=O) groups excluding carboxylic acids is 2. The van der Waals surface area contributed by atoms with Gasteiger partial charge in [-0.1, -0.05) is 24.3 Å². The molecule has 1 unspecified atom stereocenters. The van der Waals surface area contributed by atoms with Crippen LogP contribution in [0, 0.1) is 17.6 Å². The molecule has 2 aromatic carbocycles. The van der Waals surface area contributed by atoms with Crippen LogP contribution >= 0.6 is 0 Å². The molecular weight excluding hydrogens is 390 g/mol. The average Bonchev–Trinajstić information content (AvgIpc) is 3.21. The zero-order valence-electron chi connectivity index (χ0n) is 16.5. The minimum atomic E-state index is -0.780. The number of para-hydroxylation sites is 2. The second kappa shape index (κ2) is 10.5. The molecule has 2 amide bonds. The smallest absolute Gasteiger partial charge is 0.225 e. The van der Waals surface area contributed by atoms with E-state index in [2.05, 4.69) is 22.8 Å². The second-order valence-corrected chi connectivity index (χ2v) is 7.14. The molecule has 3 rings (SSSR count). The first-order valence-electron chi connectivity index (χ1n) is 9.94. The number of anilines is 2. The van der Waals surface area contributed by atoms with Crippen LogP contribution in [-0.4, -0.2) is 18.4 Å². The molecule has 0 saturated carbocycles. The van der Waals surface area contributed by atoms with Gasteiger partial charge in [-0.05, 0) is 49.4 Å². The molecule has 1 atom stereocenters. The third kappa shape index (κ3) is 6.40. The number of allylic oxidation sites excluding steroid dienone is 2. The van der Waals surface area contributed by atoms with E-state index < -0.39 is 11.6 Å². The van der Waals surface area contributed by atoms with Crippen LogP contribution in [0.15, 0.2) is 54.6 Å². The minimum Gasteiger partial charge on any atom is -0.491 e. The Kier molecular flexibility index (Phi) is 7.54. The molecule has 2 N–H and O–H groups in total. The molecule has 0 bridgehead atoms. The van der Waals surface area contributed by atoms with Crippen LogP contribution in [0.25, 0.3) is 0 Å². The Hall–Kier alpha value is -3.22. The van der Waals surface area contributed by atoms with Gasteiger partial charge in [0.25, 0.3) is 0 Å². The molecule has 0 fully saturated rings. The van der Waals surface area contributed by atoms with E-state index in [4.69, 9.17) is 4.74 Å². The molecule has 1 aliphatic rings. The molecule has 0 radical (unpaired) electrons. The molecule has 5 nitrogen and oxygen atoms in total. The largest absolute Gasteiger partial charge is 0.491 e. The van der Waals surface area contributed by atoms with Gasteiger partial charge in [0.05, 0.1) is 18.0 Å². The van der Waals surface area contributed by atoms with Crippen molar-refractivity contribution in [3.05, 3.63) is 66.3 Å². The highest BCUT2D eigenvalue weighted by Crippen LogP contribution is 2.24. The van der Waals surface area contributed by atoms with Gasteiger partial charge in [0.1, 0.15) is 5.82 Å². The Morgan fingerprint density at radius 3 is 2.43 bits per heavy atom. The molecule has 30 heavy (non-hydrogen) atoms. The highest BCUT2D eigenvalue weighted by Gasteiger charge is 2.15. The van der Waals surface area contributed by atoms with Crippen LogP contribution in [-0.2, 0) is 9.59 Å². The fraction of sp³-hybridized carbons (Fsp3) is 0.304. The minimum absolute atomic E-state index is 0.0537. The molecule has 0 aromatic heterocycles. The van der Waals surface area contributed by atoms with Gasteiger partial charge >= 0.3 is 0 Å². The maximum absolute atomic E-state index is 13.5. The first kappa shape index (κ1) is 21.5. The molecule has 7 heteroatoms. The van der Waals surface area contributed by atoms with E-state index in [-0.39, 0.29) is 36.5 Å². The van der Waals surface area contributed by atoms with Crippen molar-refractivity contribution in [3.8, 4) is 5.75 Å². The number of amides is 2. The fourth-order valence-electron chi connectivity index (χ4n) is 3.23. The standard InChI is InChI=1S/C23H24F2N2O3/c24-17-11-12-21(18(25)15-17)30-13-5-10-22(28)26-19-8-3-4-9-20(19)27-23(29)14-16-6-1-2-7-16/h1,3-4,6,8-9,11-12,15-16H,2,5,7,10,13-14H2,(H,26,28)(H,27,29). The molecule has 0 spiro atoms. The van der Waals surface area contributed by atoms with E-state index in [1.807, 2.05) is 0 Å². The van der Waals surface area contributed by atoms with Gasteiger partial charge in [-0.25, -0.2) is 8.78 Å². The van der Waals surface area contributed by atoms with Crippen molar-refractivity contribution >= 4 is 23.2 Å². The summed E-state index contributed by atoms with van der Waals surface area (Å²) in [4.78, 5) is 24.5. The predicted octanol–water partition coefficient (Wildman–Crippen LogP) is 5.06. The van der Waals surface area contributed by atoms with E-state index in [0.29, 0.717) is 24.2 Å². The number of halogens is 2. The molecule has 2 aromatic rings. The summed E-state index contributed by atoms with van der Waals surface area (Å²) in [5, 5.41) is 5.64. The molecule has 158 valence electrons. The van der Waals surface area contributed by atoms with Gasteiger partial charge in [-0.2, -0.15) is 0 Å². The van der Waals surface area contributed by atoms with E-state index in [9.17, 15) is 18.4 Å². The van der Waals surface area contributed by atoms with Crippen LogP contribution in [0.2, 0.25) is 0 Å². The monoisotopic (exact) mass is 414 g/mol. The average molecular weight is 414 g/mol. The van der Waals surface area contributed by atoms with Crippen LogP contribution in [0.3, 0.4) is 0 Å². The zero-order valence-corrected chi connectivity index (χ0v) is 16.5. The van der Waals surface area contributed by atoms with Crippen LogP contribution in [0.5, 0.6) is 5.75 Å². The second-order valence-electron chi connectivity index (χ2n) is 7.14. The molecule has 1 aliphatic carbocycles. The van der Waals surface area contributed by atoms with Gasteiger partial charge in [0.15, 0.2) is 11.6 Å². The van der Waals surface area contributed by atoms with Crippen LogP contribution in [0.4, 0.5) is 20.2 Å². The van der Waals surface area contributed by atoms with E-state index in [0.717, 1.165) is 25.0 Å². The predicted molar refractivity (Wildman–Crippen MR) is 111 cm³/mol. The summed E-state index contributed by atoms with van der Waals surface area (Å²) in [7, 11) is 0. The lowest BCUT2D eigenvalue weighted by Crippen LogP contribution is -2.18. The van der Waals surface area contributed by atoms with Crippen molar-refractivity contribution in [1.82, 2.24) is 0 Å². The van der Waals surface area contributed by atoms with Gasteiger partial charge in [0.2, 0.25) is 11.8 Å². The lowest BCUT2D eigenvalue weighted by Gasteiger charge is -2.14. The van der Waals surface area contributed by atoms with Gasteiger partial charge in [0, 0.05) is 18.9 Å². The van der Waals surface area contributed by atoms with Gasteiger partial charge in [-0.3, -0.25) is 9.59 Å². The summed E-state index contributed by atoms with van der Waals surface area (Å²) >= 11 is 0. The summed E-state index contributed by atoms with van der Waals surface area (Å²) in [6, 6.07) is 10.1. The summed E-state index contributed by atoms with van der Waals surface area (Å²) in [6.45, 7) is 0.114. The summed E-state index contributed by atoms with van der Waals surface area (Å²) < 4.78 is 31.6. The van der Waals surface area contributed by atoms with Crippen LogP contribution < -0.4 is 15.4 Å². The highest BCUT2D eigenvalue weighted by atomic mass is 19.1. The highest BCUT2D eigenvalue weighted by molar-refractivity contribution is 5.99. The Bertz CT molecular complexity index is 930. The number of hydrogen-bond acceptors (Lipinski definition) is 3. The van der Waals surface area contributed by atoms with Crippen LogP contribution in [0.1, 0.15) is 32.1 Å². The molecule has 0 saturated heterocycles. The number of ether oxygens (including phenoxy) is 1. The van der Waals surface area contributed by atoms with Crippen molar-refractivity contribution in [3.63, 3.8) is 0 Å². The zero-order chi connectivity index (χ0) is 21.3. The molecular formula is C23H24F2N2O3. The summed E-state index contributed by atoms with van der Waals surface area (Å²) in [5.74, 6) is -1.59. The van der Waals surface area contributed by atoms with Crippen molar-refractivity contribution in [2.75, 3.05) is 17.2 Å². The third-order valence-electron chi connectivity index (χ3n) is 4.73. The van der Waals surface area contributed by atoms with Gasteiger partial charge in [-0.15, -0.1) is 0 Å². The van der Waals surface area contributed by atoms with Gasteiger partial charge < -0.3 is 15.4 Å². The van der Waals surface area contributed by atoms with Crippen molar-refractivity contribution in [2.24, 2.45) is 5.92 Å². The van der Waals surface area contributed by atoms with Crippen molar-refractivity contribution in [2.45, 2.75) is 32.1 Å². The Labute approximate surface area is 174 Å². The maximum atomic E-state index is 13.5. The topological polar surface area (TPSA) is 67.4 Å². The summed E-state index contributed by atoms with van der Waals surface area (Å²) in [5.41, 5.74) is 1.06. The third-order valence-corrected chi connectivity index (χ3v) is 4.73. The van der Waals surface area contributed by atoms with E-state index >= 15 is 0 Å². The fourth-order valence-corrected chi connectivity index (χ4v) is 3.23. The lowest BCUT2D eigenvalue weighted by atomic mass is 10.0. The Balaban J connectivity index is 1.45. The van der Waals surface area contributed by atoms with Crippen molar-refractivity contribution < 1.29 is 23.1 Å². The Morgan fingerprint density at radius 1 is 1.03 bits per heavy atom.